The Kier molecular flexibility index (Phi) is 3.74. The highest BCUT2D eigenvalue weighted by Crippen LogP contribution is 2.11. The molecule has 1 aromatic rings. The predicted octanol–water partition coefficient (Wildman–Crippen LogP) is 0.753. The van der Waals surface area contributed by atoms with Crippen LogP contribution in [0.2, 0.25) is 0 Å². The summed E-state index contributed by atoms with van der Waals surface area (Å²) >= 11 is 3.31. The molecule has 1 amide bonds. The summed E-state index contributed by atoms with van der Waals surface area (Å²) < 4.78 is 0.921. The molecule has 5 nitrogen and oxygen atoms in total. The van der Waals surface area contributed by atoms with Crippen LogP contribution in [-0.4, -0.2) is 18.6 Å². The van der Waals surface area contributed by atoms with E-state index in [2.05, 4.69) is 38.2 Å². The van der Waals surface area contributed by atoms with E-state index in [1.54, 1.807) is 24.3 Å². The normalized spacial score (nSPS) is 23.1. The van der Waals surface area contributed by atoms with Crippen molar-refractivity contribution in [3.05, 3.63) is 34.3 Å². The maximum absolute atomic E-state index is 11.9. The summed E-state index contributed by atoms with van der Waals surface area (Å²) in [6, 6.07) is 9.19. The van der Waals surface area contributed by atoms with Crippen LogP contribution in [0.3, 0.4) is 0 Å². The molecule has 6 heteroatoms. The molecular weight excluding hydrogens is 284 g/mol. The van der Waals surface area contributed by atoms with Gasteiger partial charge in [-0.3, -0.25) is 10.2 Å². The minimum Gasteiger partial charge on any atom is -0.334 e. The Morgan fingerprint density at radius 3 is 2.82 bits per heavy atom. The molecule has 3 N–H and O–H groups in total. The molecule has 0 saturated carbocycles. The van der Waals surface area contributed by atoms with Gasteiger partial charge in [-0.15, -0.1) is 0 Å². The Morgan fingerprint density at radius 2 is 2.18 bits per heavy atom. The van der Waals surface area contributed by atoms with Crippen molar-refractivity contribution >= 4 is 21.8 Å². The number of nitrogens with one attached hydrogen (secondary N) is 3. The third-order valence-electron chi connectivity index (χ3n) is 2.54. The van der Waals surface area contributed by atoms with Crippen LogP contribution in [0.5, 0.6) is 0 Å². The number of rotatable bonds is 2. The fourth-order valence-corrected chi connectivity index (χ4v) is 1.84. The van der Waals surface area contributed by atoms with Crippen LogP contribution in [0.4, 0.5) is 0 Å². The van der Waals surface area contributed by atoms with Gasteiger partial charge in [0, 0.05) is 16.6 Å². The molecule has 88 valence electrons. The molecule has 1 heterocycles. The van der Waals surface area contributed by atoms with Crippen LogP contribution < -0.4 is 16.2 Å². The monoisotopic (exact) mass is 294 g/mol. The zero-order valence-electron chi connectivity index (χ0n) is 8.90. The van der Waals surface area contributed by atoms with Gasteiger partial charge in [0.25, 0.3) is 5.91 Å². The van der Waals surface area contributed by atoms with Crippen LogP contribution in [0.25, 0.3) is 0 Å². The zero-order chi connectivity index (χ0) is 12.3. The summed E-state index contributed by atoms with van der Waals surface area (Å²) in [6.45, 7) is 0.530. The van der Waals surface area contributed by atoms with Crippen molar-refractivity contribution in [2.75, 3.05) is 6.54 Å². The summed E-state index contributed by atoms with van der Waals surface area (Å²) in [5.41, 5.74) is 6.27. The summed E-state index contributed by atoms with van der Waals surface area (Å²) in [5, 5.41) is 11.6. The van der Waals surface area contributed by atoms with Gasteiger partial charge >= 0.3 is 0 Å². The van der Waals surface area contributed by atoms with Crippen molar-refractivity contribution < 1.29 is 4.79 Å². The number of hydrazine groups is 1. The van der Waals surface area contributed by atoms with Crippen LogP contribution in [0, 0.1) is 17.2 Å². The van der Waals surface area contributed by atoms with Crippen molar-refractivity contribution in [1.29, 1.82) is 5.26 Å². The van der Waals surface area contributed by atoms with Crippen LogP contribution in [-0.2, 0) is 0 Å². The lowest BCUT2D eigenvalue weighted by molar-refractivity contribution is 0.0927. The third kappa shape index (κ3) is 2.82. The summed E-state index contributed by atoms with van der Waals surface area (Å²) in [7, 11) is 0. The van der Waals surface area contributed by atoms with Gasteiger partial charge in [-0.05, 0) is 24.3 Å². The molecule has 0 radical (unpaired) electrons. The minimum atomic E-state index is -0.351. The van der Waals surface area contributed by atoms with Gasteiger partial charge in [0.2, 0.25) is 0 Å². The van der Waals surface area contributed by atoms with Crippen molar-refractivity contribution in [1.82, 2.24) is 16.2 Å². The summed E-state index contributed by atoms with van der Waals surface area (Å²) in [5.74, 6) is -0.451. The highest BCUT2D eigenvalue weighted by Gasteiger charge is 2.28. The van der Waals surface area contributed by atoms with Gasteiger partial charge in [0.15, 0.2) is 0 Å². The van der Waals surface area contributed by atoms with Gasteiger partial charge < -0.3 is 5.32 Å². The van der Waals surface area contributed by atoms with E-state index in [9.17, 15) is 4.79 Å². The smallest absolute Gasteiger partial charge is 0.252 e. The van der Waals surface area contributed by atoms with E-state index in [1.165, 1.54) is 0 Å². The number of carbonyl (C=O) groups excluding carboxylic acids is 1. The van der Waals surface area contributed by atoms with Crippen molar-refractivity contribution in [3.63, 3.8) is 0 Å². The van der Waals surface area contributed by atoms with Crippen molar-refractivity contribution in [2.24, 2.45) is 5.92 Å². The molecule has 0 spiro atoms. The number of nitrogens with zero attached hydrogens (tertiary/aromatic N) is 1. The highest BCUT2D eigenvalue weighted by atomic mass is 79.9. The van der Waals surface area contributed by atoms with Crippen molar-refractivity contribution in [3.8, 4) is 6.07 Å². The maximum Gasteiger partial charge on any atom is 0.252 e. The van der Waals surface area contributed by atoms with Crippen LogP contribution in [0.15, 0.2) is 28.7 Å². The van der Waals surface area contributed by atoms with Crippen LogP contribution >= 0.6 is 15.9 Å². The fourth-order valence-electron chi connectivity index (χ4n) is 1.58. The summed E-state index contributed by atoms with van der Waals surface area (Å²) in [4.78, 5) is 11.9. The molecular formula is C11H11BrN4O. The summed E-state index contributed by atoms with van der Waals surface area (Å²) in [6.07, 6.45) is -0.351. The fraction of sp³-hybridized carbons (Fsp3) is 0.273. The topological polar surface area (TPSA) is 77.0 Å². The van der Waals surface area contributed by atoms with E-state index < -0.39 is 0 Å². The third-order valence-corrected chi connectivity index (χ3v) is 3.07. The molecule has 2 rings (SSSR count). The minimum absolute atomic E-state index is 0.195. The second kappa shape index (κ2) is 5.27. The lowest BCUT2D eigenvalue weighted by Gasteiger charge is -2.14. The van der Waals surface area contributed by atoms with E-state index in [1.807, 2.05) is 0 Å². The lowest BCUT2D eigenvalue weighted by Crippen LogP contribution is -2.46. The van der Waals surface area contributed by atoms with E-state index >= 15 is 0 Å². The molecule has 1 saturated heterocycles. The quantitative estimate of drug-likeness (QED) is 0.752. The Balaban J connectivity index is 2.02. The number of carbonyl (C=O) groups is 1. The Hall–Kier alpha value is -1.42. The van der Waals surface area contributed by atoms with Gasteiger partial charge in [-0.1, -0.05) is 15.9 Å². The number of amides is 1. The average molecular weight is 295 g/mol. The number of benzene rings is 1. The molecule has 0 bridgehead atoms. The Labute approximate surface area is 107 Å². The van der Waals surface area contributed by atoms with Gasteiger partial charge in [0.05, 0.1) is 12.0 Å². The number of hydrogen-bond acceptors (Lipinski definition) is 4. The van der Waals surface area contributed by atoms with Gasteiger partial charge in [-0.2, -0.15) is 5.26 Å². The van der Waals surface area contributed by atoms with E-state index in [0.29, 0.717) is 12.1 Å². The molecule has 2 atom stereocenters. The lowest BCUT2D eigenvalue weighted by atomic mass is 10.1. The largest absolute Gasteiger partial charge is 0.334 e. The SMILES string of the molecule is N#CC1CNNC1NC(=O)c1ccc(Br)cc1. The molecule has 17 heavy (non-hydrogen) atoms. The first kappa shape index (κ1) is 12.0. The van der Waals surface area contributed by atoms with E-state index in [-0.39, 0.29) is 18.0 Å². The van der Waals surface area contributed by atoms with Gasteiger partial charge in [-0.25, -0.2) is 5.43 Å². The Bertz CT molecular complexity index is 454. The molecule has 0 aromatic heterocycles. The second-order valence-electron chi connectivity index (χ2n) is 3.72. The Morgan fingerprint density at radius 1 is 1.47 bits per heavy atom. The second-order valence-corrected chi connectivity index (χ2v) is 4.63. The first-order valence-corrected chi connectivity index (χ1v) is 5.94. The number of nitriles is 1. The standard InChI is InChI=1S/C11H11BrN4O/c12-9-3-1-7(2-4-9)11(17)15-10-8(5-13)6-14-16-10/h1-4,8,10,14,16H,6H2,(H,15,17). The average Bonchev–Trinajstić information content (AvgIpc) is 2.77. The van der Waals surface area contributed by atoms with Gasteiger partial charge in [0.1, 0.15) is 6.17 Å². The molecule has 1 aliphatic rings. The molecule has 0 aliphatic carbocycles. The molecule has 2 unspecified atom stereocenters. The highest BCUT2D eigenvalue weighted by molar-refractivity contribution is 9.10. The van der Waals surface area contributed by atoms with E-state index in [4.69, 9.17) is 5.26 Å². The molecule has 1 aromatic carbocycles. The first-order valence-electron chi connectivity index (χ1n) is 5.15. The number of halogens is 1. The molecule has 1 aliphatic heterocycles. The van der Waals surface area contributed by atoms with Crippen molar-refractivity contribution in [2.45, 2.75) is 6.17 Å². The first-order chi connectivity index (χ1) is 8.20. The molecule has 1 fully saturated rings. The number of hydrogen-bond donors (Lipinski definition) is 3. The zero-order valence-corrected chi connectivity index (χ0v) is 10.5. The predicted molar refractivity (Wildman–Crippen MR) is 65.6 cm³/mol. The van der Waals surface area contributed by atoms with E-state index in [0.717, 1.165) is 4.47 Å². The maximum atomic E-state index is 11.9. The van der Waals surface area contributed by atoms with Crippen LogP contribution in [0.1, 0.15) is 10.4 Å².